The van der Waals surface area contributed by atoms with Crippen LogP contribution in [0.4, 0.5) is 5.82 Å². The number of hydrogen-bond donors (Lipinski definition) is 1. The number of fused-ring (bicyclic) bond motifs is 1. The summed E-state index contributed by atoms with van der Waals surface area (Å²) in [5.74, 6) is 1.06. The topological polar surface area (TPSA) is 62.5 Å². The molecule has 164 valence electrons. The number of piperidine rings is 1. The van der Waals surface area contributed by atoms with Crippen LogP contribution in [0.5, 0.6) is 0 Å². The highest BCUT2D eigenvalue weighted by molar-refractivity contribution is 9.10. The van der Waals surface area contributed by atoms with Crippen LogP contribution in [-0.2, 0) is 11.2 Å². The molecule has 0 saturated carbocycles. The number of amides is 1. The highest BCUT2D eigenvalue weighted by Gasteiger charge is 2.24. The maximum absolute atomic E-state index is 12.6. The summed E-state index contributed by atoms with van der Waals surface area (Å²) in [7, 11) is 0. The average Bonchev–Trinajstić information content (AvgIpc) is 3.44. The Morgan fingerprint density at radius 2 is 2.03 bits per heavy atom. The van der Waals surface area contributed by atoms with Crippen molar-refractivity contribution in [3.63, 3.8) is 0 Å². The van der Waals surface area contributed by atoms with Crippen molar-refractivity contribution >= 4 is 56.2 Å². The number of likely N-dealkylation sites (tertiary alicyclic amines) is 1. The largest absolute Gasteiger partial charge is 0.367 e. The molecular formula is C23H21BrClN5OS. The normalized spacial score (nSPS) is 14.8. The second-order valence-corrected chi connectivity index (χ2v) is 10.1. The van der Waals surface area contributed by atoms with Gasteiger partial charge in [-0.1, -0.05) is 35.9 Å². The fourth-order valence-electron chi connectivity index (χ4n) is 4.00. The number of anilines is 1. The van der Waals surface area contributed by atoms with E-state index >= 15 is 0 Å². The summed E-state index contributed by atoms with van der Waals surface area (Å²) in [6, 6.07) is 13.9. The van der Waals surface area contributed by atoms with E-state index in [1.165, 1.54) is 0 Å². The van der Waals surface area contributed by atoms with Gasteiger partial charge in [-0.05, 0) is 46.3 Å². The minimum atomic E-state index is 0.203. The quantitative estimate of drug-likeness (QED) is 0.369. The molecule has 1 aliphatic heterocycles. The standard InChI is InChI=1S/C23H21BrClN5OS/c24-18-14-26-30-21(13-20(28-23(18)30)17-5-1-2-6-19(17)25)27-15-7-9-29(10-8-15)22(31)12-16-4-3-11-32-16/h1-6,11,13-15,27H,7-10,12H2. The fourth-order valence-corrected chi connectivity index (χ4v) is 5.28. The molecule has 0 atom stereocenters. The number of nitrogens with one attached hydrogen (secondary N) is 1. The molecule has 1 aromatic carbocycles. The first-order valence-corrected chi connectivity index (χ1v) is 12.5. The van der Waals surface area contributed by atoms with Gasteiger partial charge in [0.2, 0.25) is 5.91 Å². The molecule has 1 saturated heterocycles. The second kappa shape index (κ2) is 9.21. The van der Waals surface area contributed by atoms with Crippen molar-refractivity contribution in [3.8, 4) is 11.3 Å². The lowest BCUT2D eigenvalue weighted by Crippen LogP contribution is -2.43. The van der Waals surface area contributed by atoms with Crippen molar-refractivity contribution in [2.24, 2.45) is 0 Å². The summed E-state index contributed by atoms with van der Waals surface area (Å²) in [4.78, 5) is 20.5. The molecule has 5 rings (SSSR count). The number of aromatic nitrogens is 3. The van der Waals surface area contributed by atoms with Gasteiger partial charge in [-0.25, -0.2) is 4.98 Å². The summed E-state index contributed by atoms with van der Waals surface area (Å²) < 4.78 is 2.63. The van der Waals surface area contributed by atoms with E-state index in [9.17, 15) is 4.79 Å². The van der Waals surface area contributed by atoms with Crippen molar-refractivity contribution in [1.82, 2.24) is 19.5 Å². The molecule has 0 aliphatic carbocycles. The van der Waals surface area contributed by atoms with Gasteiger partial charge in [0.25, 0.3) is 0 Å². The van der Waals surface area contributed by atoms with E-state index in [0.29, 0.717) is 11.4 Å². The first-order valence-electron chi connectivity index (χ1n) is 10.4. The minimum Gasteiger partial charge on any atom is -0.367 e. The highest BCUT2D eigenvalue weighted by Crippen LogP contribution is 2.31. The van der Waals surface area contributed by atoms with Crippen LogP contribution >= 0.6 is 38.9 Å². The number of hydrogen-bond acceptors (Lipinski definition) is 5. The van der Waals surface area contributed by atoms with Crippen LogP contribution in [-0.4, -0.2) is 44.5 Å². The third kappa shape index (κ3) is 4.40. The number of halogens is 2. The first-order chi connectivity index (χ1) is 15.6. The molecule has 4 heterocycles. The van der Waals surface area contributed by atoms with Crippen LogP contribution in [0.1, 0.15) is 17.7 Å². The summed E-state index contributed by atoms with van der Waals surface area (Å²) in [5.41, 5.74) is 2.39. The van der Waals surface area contributed by atoms with Crippen molar-refractivity contribution in [2.45, 2.75) is 25.3 Å². The number of thiophene rings is 1. The Hall–Kier alpha value is -2.42. The van der Waals surface area contributed by atoms with Gasteiger partial charge in [-0.2, -0.15) is 9.61 Å². The molecule has 32 heavy (non-hydrogen) atoms. The average molecular weight is 531 g/mol. The van der Waals surface area contributed by atoms with Crippen molar-refractivity contribution in [1.29, 1.82) is 0 Å². The SMILES string of the molecule is O=C(Cc1cccs1)N1CCC(Nc2cc(-c3ccccc3Cl)nc3c(Br)cnn23)CC1. The van der Waals surface area contributed by atoms with Crippen molar-refractivity contribution in [3.05, 3.63) is 68.4 Å². The maximum Gasteiger partial charge on any atom is 0.227 e. The Kier molecular flexibility index (Phi) is 6.17. The molecule has 0 spiro atoms. The third-order valence-electron chi connectivity index (χ3n) is 5.68. The van der Waals surface area contributed by atoms with Crippen LogP contribution in [0.2, 0.25) is 5.02 Å². The van der Waals surface area contributed by atoms with Crippen LogP contribution in [0.15, 0.2) is 58.5 Å². The zero-order chi connectivity index (χ0) is 22.1. The number of nitrogens with zero attached hydrogens (tertiary/aromatic N) is 4. The number of carbonyl (C=O) groups is 1. The van der Waals surface area contributed by atoms with E-state index in [2.05, 4.69) is 26.3 Å². The van der Waals surface area contributed by atoms with E-state index in [-0.39, 0.29) is 11.9 Å². The van der Waals surface area contributed by atoms with Crippen LogP contribution < -0.4 is 5.32 Å². The van der Waals surface area contributed by atoms with Gasteiger partial charge in [0.1, 0.15) is 5.82 Å². The molecule has 4 aromatic rings. The van der Waals surface area contributed by atoms with Crippen LogP contribution in [0, 0.1) is 0 Å². The van der Waals surface area contributed by atoms with Gasteiger partial charge in [0, 0.05) is 40.7 Å². The van der Waals surface area contributed by atoms with E-state index in [1.54, 1.807) is 22.0 Å². The molecule has 1 fully saturated rings. The molecule has 0 bridgehead atoms. The number of carbonyl (C=O) groups excluding carboxylic acids is 1. The van der Waals surface area contributed by atoms with E-state index in [0.717, 1.165) is 58.0 Å². The lowest BCUT2D eigenvalue weighted by Gasteiger charge is -2.33. The monoisotopic (exact) mass is 529 g/mol. The smallest absolute Gasteiger partial charge is 0.227 e. The van der Waals surface area contributed by atoms with Gasteiger partial charge in [0.05, 0.1) is 22.8 Å². The predicted octanol–water partition coefficient (Wildman–Crippen LogP) is 5.52. The van der Waals surface area contributed by atoms with Crippen LogP contribution in [0.25, 0.3) is 16.9 Å². The molecule has 1 amide bonds. The number of rotatable bonds is 5. The minimum absolute atomic E-state index is 0.203. The molecule has 1 N–H and O–H groups in total. The second-order valence-electron chi connectivity index (χ2n) is 7.79. The van der Waals surface area contributed by atoms with Gasteiger partial charge < -0.3 is 10.2 Å². The van der Waals surface area contributed by atoms with Gasteiger partial charge in [0.15, 0.2) is 5.65 Å². The van der Waals surface area contributed by atoms with Gasteiger partial charge in [-0.15, -0.1) is 11.3 Å². The Bertz CT molecular complexity index is 1250. The molecule has 0 radical (unpaired) electrons. The predicted molar refractivity (Wildman–Crippen MR) is 132 cm³/mol. The first kappa shape index (κ1) is 21.4. The number of benzene rings is 1. The lowest BCUT2D eigenvalue weighted by atomic mass is 10.0. The van der Waals surface area contributed by atoms with Crippen molar-refractivity contribution < 1.29 is 4.79 Å². The molecule has 0 unspecified atom stereocenters. The van der Waals surface area contributed by atoms with Gasteiger partial charge >= 0.3 is 0 Å². The molecule has 1 aliphatic rings. The Labute approximate surface area is 203 Å². The fraction of sp³-hybridized carbons (Fsp3) is 0.261. The third-order valence-corrected chi connectivity index (χ3v) is 7.45. The Balaban J connectivity index is 1.33. The summed E-state index contributed by atoms with van der Waals surface area (Å²) in [6.45, 7) is 1.49. The highest BCUT2D eigenvalue weighted by atomic mass is 79.9. The van der Waals surface area contributed by atoms with Gasteiger partial charge in [-0.3, -0.25) is 4.79 Å². The Morgan fingerprint density at radius 3 is 2.78 bits per heavy atom. The molecular weight excluding hydrogens is 510 g/mol. The summed E-state index contributed by atoms with van der Waals surface area (Å²) in [5, 5.41) is 10.8. The van der Waals surface area contributed by atoms with E-state index < -0.39 is 0 Å². The van der Waals surface area contributed by atoms with E-state index in [4.69, 9.17) is 16.6 Å². The van der Waals surface area contributed by atoms with E-state index in [1.807, 2.05) is 52.7 Å². The molecule has 6 nitrogen and oxygen atoms in total. The summed E-state index contributed by atoms with van der Waals surface area (Å²) in [6.07, 6.45) is 3.99. The zero-order valence-corrected chi connectivity index (χ0v) is 20.3. The zero-order valence-electron chi connectivity index (χ0n) is 17.2. The van der Waals surface area contributed by atoms with Crippen molar-refractivity contribution in [2.75, 3.05) is 18.4 Å². The van der Waals surface area contributed by atoms with Crippen LogP contribution in [0.3, 0.4) is 0 Å². The summed E-state index contributed by atoms with van der Waals surface area (Å²) >= 11 is 11.6. The lowest BCUT2D eigenvalue weighted by molar-refractivity contribution is -0.131. The maximum atomic E-state index is 12.6. The Morgan fingerprint density at radius 1 is 1.22 bits per heavy atom. The molecule has 9 heteroatoms. The molecule has 3 aromatic heterocycles.